The minimum absolute atomic E-state index is 0.182. The first kappa shape index (κ1) is 14.0. The van der Waals surface area contributed by atoms with Crippen LogP contribution in [0.15, 0.2) is 54.6 Å². The summed E-state index contributed by atoms with van der Waals surface area (Å²) >= 11 is 10.7. The molecule has 2 nitrogen and oxygen atoms in total. The molecule has 0 bridgehead atoms. The lowest BCUT2D eigenvalue weighted by molar-refractivity contribution is 0.0756. The summed E-state index contributed by atoms with van der Waals surface area (Å²) in [5.41, 5.74) is 1.81. The highest BCUT2D eigenvalue weighted by Crippen LogP contribution is 2.22. The lowest BCUT2D eigenvalue weighted by atomic mass is 10.1. The van der Waals surface area contributed by atoms with Gasteiger partial charge in [0.1, 0.15) is 0 Å². The number of halogens is 1. The SMILES string of the molecule is OC(=S)C(OCc1ccccc1)c1ccc(Cl)cc1. The second-order valence-electron chi connectivity index (χ2n) is 4.07. The largest absolute Gasteiger partial charge is 0.500 e. The quantitative estimate of drug-likeness (QED) is 0.824. The first-order valence-corrected chi connectivity index (χ1v) is 6.59. The molecule has 0 saturated carbocycles. The topological polar surface area (TPSA) is 29.5 Å². The van der Waals surface area contributed by atoms with Gasteiger partial charge in [0.2, 0.25) is 0 Å². The van der Waals surface area contributed by atoms with E-state index in [-0.39, 0.29) is 5.05 Å². The fourth-order valence-electron chi connectivity index (χ4n) is 1.70. The van der Waals surface area contributed by atoms with Crippen molar-refractivity contribution in [2.45, 2.75) is 12.7 Å². The summed E-state index contributed by atoms with van der Waals surface area (Å²) in [5, 5.41) is 10.0. The van der Waals surface area contributed by atoms with Crippen molar-refractivity contribution in [2.75, 3.05) is 0 Å². The summed E-state index contributed by atoms with van der Waals surface area (Å²) in [6.45, 7) is 0.384. The fourth-order valence-corrected chi connectivity index (χ4v) is 2.03. The molecule has 0 saturated heterocycles. The third-order valence-electron chi connectivity index (χ3n) is 2.66. The summed E-state index contributed by atoms with van der Waals surface area (Å²) in [4.78, 5) is 0. The molecule has 1 N–H and O–H groups in total. The zero-order valence-corrected chi connectivity index (χ0v) is 11.7. The molecule has 0 amide bonds. The van der Waals surface area contributed by atoms with E-state index in [0.29, 0.717) is 11.6 Å². The van der Waals surface area contributed by atoms with Crippen molar-refractivity contribution in [3.8, 4) is 0 Å². The van der Waals surface area contributed by atoms with E-state index in [4.69, 9.17) is 28.6 Å². The number of aliphatic hydroxyl groups excluding tert-OH is 1. The van der Waals surface area contributed by atoms with Crippen LogP contribution in [0, 0.1) is 0 Å². The Morgan fingerprint density at radius 2 is 1.74 bits per heavy atom. The van der Waals surface area contributed by atoms with Crippen LogP contribution in [-0.2, 0) is 11.3 Å². The molecule has 2 aromatic carbocycles. The highest BCUT2D eigenvalue weighted by atomic mass is 35.5. The Bertz CT molecular complexity index is 540. The molecule has 2 rings (SSSR count). The van der Waals surface area contributed by atoms with Gasteiger partial charge in [-0.3, -0.25) is 0 Å². The smallest absolute Gasteiger partial charge is 0.191 e. The molecule has 1 unspecified atom stereocenters. The van der Waals surface area contributed by atoms with Gasteiger partial charge in [0.15, 0.2) is 11.2 Å². The predicted octanol–water partition coefficient (Wildman–Crippen LogP) is 4.48. The van der Waals surface area contributed by atoms with Gasteiger partial charge in [0.05, 0.1) is 6.61 Å². The van der Waals surface area contributed by atoms with Gasteiger partial charge in [-0.15, -0.1) is 0 Å². The van der Waals surface area contributed by atoms with E-state index in [1.807, 2.05) is 30.3 Å². The number of benzene rings is 2. The Morgan fingerprint density at radius 3 is 2.32 bits per heavy atom. The van der Waals surface area contributed by atoms with Crippen LogP contribution in [0.1, 0.15) is 17.2 Å². The second-order valence-corrected chi connectivity index (χ2v) is 4.92. The second kappa shape index (κ2) is 6.66. The zero-order valence-electron chi connectivity index (χ0n) is 10.1. The third kappa shape index (κ3) is 4.03. The van der Waals surface area contributed by atoms with Gasteiger partial charge in [-0.2, -0.15) is 0 Å². The molecule has 0 aliphatic carbocycles. The molecule has 98 valence electrons. The molecule has 0 heterocycles. The van der Waals surface area contributed by atoms with Crippen LogP contribution in [0.4, 0.5) is 0 Å². The molecule has 0 aliphatic rings. The van der Waals surface area contributed by atoms with Crippen molar-refractivity contribution in [1.82, 2.24) is 0 Å². The van der Waals surface area contributed by atoms with E-state index in [2.05, 4.69) is 0 Å². The summed E-state index contributed by atoms with van der Waals surface area (Å²) in [5.74, 6) is 0. The molecular weight excluding hydrogens is 280 g/mol. The maximum Gasteiger partial charge on any atom is 0.191 e. The predicted molar refractivity (Wildman–Crippen MR) is 80.7 cm³/mol. The van der Waals surface area contributed by atoms with E-state index in [9.17, 15) is 5.11 Å². The molecular formula is C15H13ClO2S. The Kier molecular flexibility index (Phi) is 4.91. The number of hydrogen-bond acceptors (Lipinski definition) is 2. The molecule has 0 aromatic heterocycles. The molecule has 4 heteroatoms. The van der Waals surface area contributed by atoms with Crippen molar-refractivity contribution in [3.63, 3.8) is 0 Å². The normalized spacial score (nSPS) is 12.1. The van der Waals surface area contributed by atoms with Gasteiger partial charge in [-0.1, -0.05) is 54.1 Å². The molecule has 0 spiro atoms. The fraction of sp³-hybridized carbons (Fsp3) is 0.133. The Morgan fingerprint density at radius 1 is 1.11 bits per heavy atom. The first-order chi connectivity index (χ1) is 9.16. The zero-order chi connectivity index (χ0) is 13.7. The van der Waals surface area contributed by atoms with Crippen LogP contribution in [0.5, 0.6) is 0 Å². The average Bonchev–Trinajstić information content (AvgIpc) is 2.42. The first-order valence-electron chi connectivity index (χ1n) is 5.80. The summed E-state index contributed by atoms with van der Waals surface area (Å²) < 4.78 is 5.68. The highest BCUT2D eigenvalue weighted by Gasteiger charge is 2.16. The van der Waals surface area contributed by atoms with Crippen LogP contribution in [-0.4, -0.2) is 10.2 Å². The molecule has 0 radical (unpaired) electrons. The van der Waals surface area contributed by atoms with Crippen molar-refractivity contribution in [1.29, 1.82) is 0 Å². The Balaban J connectivity index is 2.09. The number of hydrogen-bond donors (Lipinski definition) is 1. The maximum absolute atomic E-state index is 9.59. The van der Waals surface area contributed by atoms with Crippen molar-refractivity contribution in [2.24, 2.45) is 0 Å². The van der Waals surface area contributed by atoms with Crippen LogP contribution in [0.3, 0.4) is 0 Å². The van der Waals surface area contributed by atoms with E-state index in [0.717, 1.165) is 11.1 Å². The monoisotopic (exact) mass is 292 g/mol. The Labute approximate surface area is 122 Å². The summed E-state index contributed by atoms with van der Waals surface area (Å²) in [6.07, 6.45) is -0.618. The van der Waals surface area contributed by atoms with Gasteiger partial charge < -0.3 is 9.84 Å². The van der Waals surface area contributed by atoms with E-state index < -0.39 is 6.10 Å². The maximum atomic E-state index is 9.59. The average molecular weight is 293 g/mol. The molecule has 2 aromatic rings. The molecule has 19 heavy (non-hydrogen) atoms. The number of rotatable bonds is 5. The molecule has 0 aliphatic heterocycles. The van der Waals surface area contributed by atoms with Crippen LogP contribution in [0.2, 0.25) is 5.02 Å². The number of thiocarbonyl (C=S) groups is 1. The van der Waals surface area contributed by atoms with Crippen molar-refractivity contribution >= 4 is 28.9 Å². The molecule has 1 atom stereocenters. The number of ether oxygens (including phenoxy) is 1. The van der Waals surface area contributed by atoms with Crippen molar-refractivity contribution in [3.05, 3.63) is 70.7 Å². The van der Waals surface area contributed by atoms with Gasteiger partial charge in [-0.25, -0.2) is 0 Å². The van der Waals surface area contributed by atoms with Gasteiger partial charge >= 0.3 is 0 Å². The minimum atomic E-state index is -0.618. The van der Waals surface area contributed by atoms with Gasteiger partial charge in [0, 0.05) is 5.02 Å². The van der Waals surface area contributed by atoms with E-state index >= 15 is 0 Å². The van der Waals surface area contributed by atoms with Crippen LogP contribution < -0.4 is 0 Å². The van der Waals surface area contributed by atoms with Gasteiger partial charge in [-0.05, 0) is 35.5 Å². The lowest BCUT2D eigenvalue weighted by Crippen LogP contribution is -2.13. The summed E-state index contributed by atoms with van der Waals surface area (Å²) in [6, 6.07) is 16.8. The lowest BCUT2D eigenvalue weighted by Gasteiger charge is -2.16. The van der Waals surface area contributed by atoms with E-state index in [1.165, 1.54) is 0 Å². The van der Waals surface area contributed by atoms with E-state index in [1.54, 1.807) is 24.3 Å². The Hall–Kier alpha value is -1.42. The standard InChI is InChI=1S/C15H13ClO2S/c16-13-8-6-12(7-9-13)14(15(17)19)18-10-11-4-2-1-3-5-11/h1-9,14H,10H2,(H,17,19). The summed E-state index contributed by atoms with van der Waals surface area (Å²) in [7, 11) is 0. The van der Waals surface area contributed by atoms with Crippen molar-refractivity contribution < 1.29 is 9.84 Å². The third-order valence-corrected chi connectivity index (χ3v) is 3.12. The van der Waals surface area contributed by atoms with Crippen LogP contribution >= 0.6 is 23.8 Å². The number of aliphatic hydroxyl groups is 1. The van der Waals surface area contributed by atoms with Crippen LogP contribution in [0.25, 0.3) is 0 Å². The van der Waals surface area contributed by atoms with Gasteiger partial charge in [0.25, 0.3) is 0 Å². The molecule has 0 fully saturated rings. The minimum Gasteiger partial charge on any atom is -0.500 e. The highest BCUT2D eigenvalue weighted by molar-refractivity contribution is 7.80.